The highest BCUT2D eigenvalue weighted by atomic mass is 14.9. The third-order valence-corrected chi connectivity index (χ3v) is 2.51. The second-order valence-electron chi connectivity index (χ2n) is 4.02. The van der Waals surface area contributed by atoms with Gasteiger partial charge in [0.05, 0.1) is 23.5 Å². The summed E-state index contributed by atoms with van der Waals surface area (Å²) in [6, 6.07) is 9.86. The van der Waals surface area contributed by atoms with Gasteiger partial charge in [0, 0.05) is 11.9 Å². The molecule has 1 N–H and O–H groups in total. The molecule has 0 aliphatic carbocycles. The fraction of sp³-hybridized carbons (Fsp3) is 0.143. The lowest BCUT2D eigenvalue weighted by molar-refractivity contribution is 1.26. The van der Waals surface area contributed by atoms with Crippen LogP contribution in [0.5, 0.6) is 0 Å². The van der Waals surface area contributed by atoms with Crippen LogP contribution in [0.25, 0.3) is 0 Å². The molecule has 0 atom stereocenters. The molecule has 1 heterocycles. The number of aryl methyl sites for hydroxylation is 2. The quantitative estimate of drug-likeness (QED) is 0.849. The number of nitrogens with one attached hydrogen (secondary N) is 1. The van der Waals surface area contributed by atoms with Gasteiger partial charge in [-0.05, 0) is 49.2 Å². The zero-order chi connectivity index (χ0) is 12.3. The van der Waals surface area contributed by atoms with E-state index in [0.29, 0.717) is 5.56 Å². The molecule has 1 aromatic carbocycles. The predicted octanol–water partition coefficient (Wildman–Crippen LogP) is 3.31. The highest BCUT2D eigenvalue weighted by Gasteiger charge is 2.00. The first-order valence-corrected chi connectivity index (χ1v) is 5.38. The smallest absolute Gasteiger partial charge is 0.0994 e. The number of nitrogens with zero attached hydrogens (tertiary/aromatic N) is 2. The Kier molecular flexibility index (Phi) is 3.06. The van der Waals surface area contributed by atoms with E-state index in [0.717, 1.165) is 22.5 Å². The predicted molar refractivity (Wildman–Crippen MR) is 68.2 cm³/mol. The van der Waals surface area contributed by atoms with Crippen LogP contribution in [0.3, 0.4) is 0 Å². The summed E-state index contributed by atoms with van der Waals surface area (Å²) in [4.78, 5) is 4.12. The molecule has 3 heteroatoms. The highest BCUT2D eigenvalue weighted by Crippen LogP contribution is 2.19. The van der Waals surface area contributed by atoms with Crippen molar-refractivity contribution in [2.75, 3.05) is 5.32 Å². The number of pyridine rings is 1. The molecule has 0 bridgehead atoms. The molecule has 17 heavy (non-hydrogen) atoms. The van der Waals surface area contributed by atoms with Crippen molar-refractivity contribution < 1.29 is 0 Å². The summed E-state index contributed by atoms with van der Waals surface area (Å²) in [6.07, 6.45) is 3.59. The summed E-state index contributed by atoms with van der Waals surface area (Å²) < 4.78 is 0. The van der Waals surface area contributed by atoms with Crippen molar-refractivity contribution in [1.82, 2.24) is 4.98 Å². The Hall–Kier alpha value is -2.34. The second-order valence-corrected chi connectivity index (χ2v) is 4.02. The number of nitriles is 1. The Bertz CT molecular complexity index is 582. The van der Waals surface area contributed by atoms with E-state index in [4.69, 9.17) is 5.26 Å². The third-order valence-electron chi connectivity index (χ3n) is 2.51. The number of benzene rings is 1. The molecule has 3 nitrogen and oxygen atoms in total. The number of anilines is 2. The van der Waals surface area contributed by atoms with Crippen LogP contribution < -0.4 is 5.32 Å². The average molecular weight is 223 g/mol. The molecule has 0 saturated carbocycles. The molecule has 0 spiro atoms. The lowest BCUT2D eigenvalue weighted by Gasteiger charge is -2.08. The van der Waals surface area contributed by atoms with Crippen LogP contribution in [0.1, 0.15) is 16.7 Å². The summed E-state index contributed by atoms with van der Waals surface area (Å²) >= 11 is 0. The first kappa shape index (κ1) is 11.2. The van der Waals surface area contributed by atoms with Crippen LogP contribution in [0.2, 0.25) is 0 Å². The van der Waals surface area contributed by atoms with Crippen molar-refractivity contribution in [2.24, 2.45) is 0 Å². The average Bonchev–Trinajstić information content (AvgIpc) is 2.29. The van der Waals surface area contributed by atoms with Gasteiger partial charge in [-0.2, -0.15) is 5.26 Å². The lowest BCUT2D eigenvalue weighted by Crippen LogP contribution is -1.93. The van der Waals surface area contributed by atoms with Gasteiger partial charge in [0.25, 0.3) is 0 Å². The summed E-state index contributed by atoms with van der Waals surface area (Å²) in [7, 11) is 0. The largest absolute Gasteiger partial charge is 0.354 e. The van der Waals surface area contributed by atoms with Gasteiger partial charge in [-0.3, -0.25) is 4.98 Å². The zero-order valence-electron chi connectivity index (χ0n) is 9.86. The SMILES string of the molecule is Cc1cncc(Nc2ccc(C#N)c(C)c2)c1. The van der Waals surface area contributed by atoms with Gasteiger partial charge in [-0.25, -0.2) is 0 Å². The van der Waals surface area contributed by atoms with Crippen molar-refractivity contribution in [3.8, 4) is 6.07 Å². The molecule has 2 aromatic rings. The van der Waals surface area contributed by atoms with E-state index in [-0.39, 0.29) is 0 Å². The van der Waals surface area contributed by atoms with E-state index in [1.54, 1.807) is 6.20 Å². The number of hydrogen-bond donors (Lipinski definition) is 1. The second kappa shape index (κ2) is 4.67. The normalized spacial score (nSPS) is 9.71. The molecule has 0 fully saturated rings. The Balaban J connectivity index is 2.25. The topological polar surface area (TPSA) is 48.7 Å². The van der Waals surface area contributed by atoms with E-state index < -0.39 is 0 Å². The van der Waals surface area contributed by atoms with Crippen LogP contribution in [-0.4, -0.2) is 4.98 Å². The Morgan fingerprint density at radius 3 is 2.59 bits per heavy atom. The first-order valence-electron chi connectivity index (χ1n) is 5.38. The molecule has 2 rings (SSSR count). The maximum absolute atomic E-state index is 8.86. The zero-order valence-corrected chi connectivity index (χ0v) is 9.86. The molecular weight excluding hydrogens is 210 g/mol. The molecule has 0 unspecified atom stereocenters. The van der Waals surface area contributed by atoms with E-state index in [1.807, 2.05) is 44.3 Å². The van der Waals surface area contributed by atoms with Crippen LogP contribution in [0.4, 0.5) is 11.4 Å². The Labute approximate surface area is 101 Å². The summed E-state index contributed by atoms with van der Waals surface area (Å²) in [5.41, 5.74) is 4.71. The third kappa shape index (κ3) is 2.61. The fourth-order valence-corrected chi connectivity index (χ4v) is 1.66. The maximum atomic E-state index is 8.86. The monoisotopic (exact) mass is 223 g/mol. The Morgan fingerprint density at radius 2 is 1.94 bits per heavy atom. The molecule has 0 aliphatic rings. The van der Waals surface area contributed by atoms with E-state index in [2.05, 4.69) is 16.4 Å². The molecule has 0 aliphatic heterocycles. The lowest BCUT2D eigenvalue weighted by atomic mass is 10.1. The van der Waals surface area contributed by atoms with E-state index in [1.165, 1.54) is 0 Å². The van der Waals surface area contributed by atoms with Gasteiger partial charge >= 0.3 is 0 Å². The molecule has 0 radical (unpaired) electrons. The summed E-state index contributed by atoms with van der Waals surface area (Å²) in [5, 5.41) is 12.1. The molecule has 1 aromatic heterocycles. The number of hydrogen-bond acceptors (Lipinski definition) is 3. The molecular formula is C14H13N3. The van der Waals surface area contributed by atoms with Gasteiger partial charge in [-0.1, -0.05) is 0 Å². The molecule has 0 amide bonds. The number of rotatable bonds is 2. The van der Waals surface area contributed by atoms with Crippen molar-refractivity contribution in [1.29, 1.82) is 5.26 Å². The van der Waals surface area contributed by atoms with Crippen molar-refractivity contribution in [2.45, 2.75) is 13.8 Å². The van der Waals surface area contributed by atoms with Crippen LogP contribution >= 0.6 is 0 Å². The van der Waals surface area contributed by atoms with Crippen LogP contribution in [0.15, 0.2) is 36.7 Å². The highest BCUT2D eigenvalue weighted by molar-refractivity contribution is 5.61. The first-order chi connectivity index (χ1) is 8.19. The van der Waals surface area contributed by atoms with Crippen molar-refractivity contribution in [3.63, 3.8) is 0 Å². The van der Waals surface area contributed by atoms with Gasteiger partial charge in [-0.15, -0.1) is 0 Å². The van der Waals surface area contributed by atoms with Crippen LogP contribution in [-0.2, 0) is 0 Å². The van der Waals surface area contributed by atoms with Gasteiger partial charge in [0.1, 0.15) is 0 Å². The van der Waals surface area contributed by atoms with E-state index >= 15 is 0 Å². The summed E-state index contributed by atoms with van der Waals surface area (Å²) in [5.74, 6) is 0. The minimum atomic E-state index is 0.706. The van der Waals surface area contributed by atoms with Crippen LogP contribution in [0, 0.1) is 25.2 Å². The van der Waals surface area contributed by atoms with Crippen molar-refractivity contribution in [3.05, 3.63) is 53.3 Å². The summed E-state index contributed by atoms with van der Waals surface area (Å²) in [6.45, 7) is 3.93. The van der Waals surface area contributed by atoms with Gasteiger partial charge < -0.3 is 5.32 Å². The maximum Gasteiger partial charge on any atom is 0.0994 e. The minimum Gasteiger partial charge on any atom is -0.354 e. The molecule has 0 saturated heterocycles. The van der Waals surface area contributed by atoms with Crippen molar-refractivity contribution >= 4 is 11.4 Å². The van der Waals surface area contributed by atoms with Gasteiger partial charge in [0.2, 0.25) is 0 Å². The Morgan fingerprint density at radius 1 is 1.12 bits per heavy atom. The molecule has 84 valence electrons. The fourth-order valence-electron chi connectivity index (χ4n) is 1.66. The van der Waals surface area contributed by atoms with E-state index in [9.17, 15) is 0 Å². The minimum absolute atomic E-state index is 0.706. The van der Waals surface area contributed by atoms with Gasteiger partial charge in [0.15, 0.2) is 0 Å². The standard InChI is InChI=1S/C14H13N3/c1-10-5-14(9-16-8-10)17-13-4-3-12(7-15)11(2)6-13/h3-6,8-9,17H,1-2H3. The number of aromatic nitrogens is 1.